The van der Waals surface area contributed by atoms with Crippen molar-refractivity contribution in [3.63, 3.8) is 0 Å². The fraction of sp³-hybridized carbons (Fsp3) is 0.818. The minimum atomic E-state index is -0.223. The van der Waals surface area contributed by atoms with Crippen molar-refractivity contribution in [3.8, 4) is 0 Å². The lowest BCUT2D eigenvalue weighted by atomic mass is 10.2. The van der Waals surface area contributed by atoms with Gasteiger partial charge in [-0.2, -0.15) is 0 Å². The number of carbonyl (C=O) groups is 2. The maximum absolute atomic E-state index is 11.6. The Hall–Kier alpha value is -1.10. The van der Waals surface area contributed by atoms with Crippen LogP contribution in [0.1, 0.15) is 20.3 Å². The molecular formula is C11H22N2O3. The van der Waals surface area contributed by atoms with Gasteiger partial charge in [-0.15, -0.1) is 0 Å². The molecule has 0 fully saturated rings. The molecule has 0 aliphatic rings. The predicted octanol–water partition coefficient (Wildman–Crippen LogP) is 0.348. The third-order valence-corrected chi connectivity index (χ3v) is 2.43. The Morgan fingerprint density at radius 1 is 1.25 bits per heavy atom. The SMILES string of the molecule is CCOC(=O)CCN(C)C(C)C(=O)N(C)C. The normalized spacial score (nSPS) is 12.4. The van der Waals surface area contributed by atoms with Gasteiger partial charge in [-0.05, 0) is 20.9 Å². The summed E-state index contributed by atoms with van der Waals surface area (Å²) in [6.07, 6.45) is 0.315. The number of amides is 1. The molecule has 16 heavy (non-hydrogen) atoms. The van der Waals surface area contributed by atoms with Gasteiger partial charge in [0.05, 0.1) is 19.1 Å². The molecule has 5 nitrogen and oxygen atoms in total. The van der Waals surface area contributed by atoms with E-state index < -0.39 is 0 Å². The highest BCUT2D eigenvalue weighted by Crippen LogP contribution is 2.01. The van der Waals surface area contributed by atoms with Crippen LogP contribution < -0.4 is 0 Å². The molecule has 0 saturated heterocycles. The van der Waals surface area contributed by atoms with Gasteiger partial charge in [0, 0.05) is 20.6 Å². The van der Waals surface area contributed by atoms with Crippen LogP contribution in [-0.2, 0) is 14.3 Å². The van der Waals surface area contributed by atoms with Crippen LogP contribution in [0.3, 0.4) is 0 Å². The second-order valence-corrected chi connectivity index (χ2v) is 3.94. The van der Waals surface area contributed by atoms with Crippen molar-refractivity contribution in [2.75, 3.05) is 34.3 Å². The molecule has 0 aromatic carbocycles. The Bertz CT molecular complexity index is 241. The molecule has 0 heterocycles. The summed E-state index contributed by atoms with van der Waals surface area (Å²) in [5.74, 6) is -0.190. The van der Waals surface area contributed by atoms with Crippen LogP contribution in [-0.4, -0.2) is 62.0 Å². The van der Waals surface area contributed by atoms with Crippen molar-refractivity contribution in [2.45, 2.75) is 26.3 Å². The van der Waals surface area contributed by atoms with Crippen LogP contribution >= 0.6 is 0 Å². The number of hydrogen-bond donors (Lipinski definition) is 0. The lowest BCUT2D eigenvalue weighted by Gasteiger charge is -2.25. The zero-order chi connectivity index (χ0) is 12.7. The van der Waals surface area contributed by atoms with Gasteiger partial charge in [-0.25, -0.2) is 0 Å². The summed E-state index contributed by atoms with van der Waals surface area (Å²) in [4.78, 5) is 26.1. The lowest BCUT2D eigenvalue weighted by Crippen LogP contribution is -2.43. The Labute approximate surface area is 97.3 Å². The van der Waals surface area contributed by atoms with E-state index in [1.165, 1.54) is 0 Å². The molecule has 1 unspecified atom stereocenters. The minimum Gasteiger partial charge on any atom is -0.466 e. The van der Waals surface area contributed by atoms with Crippen LogP contribution in [0.2, 0.25) is 0 Å². The number of likely N-dealkylation sites (N-methyl/N-ethyl adjacent to an activating group) is 2. The fourth-order valence-corrected chi connectivity index (χ4v) is 1.26. The molecule has 1 amide bonds. The number of carbonyl (C=O) groups excluding carboxylic acids is 2. The smallest absolute Gasteiger partial charge is 0.307 e. The molecule has 0 saturated carbocycles. The van der Waals surface area contributed by atoms with Crippen LogP contribution in [0.25, 0.3) is 0 Å². The molecule has 0 aromatic rings. The molecule has 94 valence electrons. The van der Waals surface area contributed by atoms with Crippen molar-refractivity contribution >= 4 is 11.9 Å². The highest BCUT2D eigenvalue weighted by Gasteiger charge is 2.19. The average molecular weight is 230 g/mol. The number of hydrogen-bond acceptors (Lipinski definition) is 4. The Kier molecular flexibility index (Phi) is 6.72. The van der Waals surface area contributed by atoms with E-state index >= 15 is 0 Å². The molecule has 0 N–H and O–H groups in total. The van der Waals surface area contributed by atoms with Crippen molar-refractivity contribution in [1.82, 2.24) is 9.80 Å². The molecule has 0 radical (unpaired) electrons. The van der Waals surface area contributed by atoms with Gasteiger partial charge in [0.1, 0.15) is 0 Å². The number of ether oxygens (including phenoxy) is 1. The van der Waals surface area contributed by atoms with Gasteiger partial charge in [0.2, 0.25) is 5.91 Å². The summed E-state index contributed by atoms with van der Waals surface area (Å²) in [5.41, 5.74) is 0. The monoisotopic (exact) mass is 230 g/mol. The molecule has 5 heteroatoms. The van der Waals surface area contributed by atoms with Crippen molar-refractivity contribution < 1.29 is 14.3 Å². The van der Waals surface area contributed by atoms with Crippen molar-refractivity contribution in [3.05, 3.63) is 0 Å². The van der Waals surface area contributed by atoms with E-state index in [-0.39, 0.29) is 17.9 Å². The minimum absolute atomic E-state index is 0.0337. The van der Waals surface area contributed by atoms with E-state index in [0.29, 0.717) is 19.6 Å². The predicted molar refractivity (Wildman–Crippen MR) is 62.0 cm³/mol. The van der Waals surface area contributed by atoms with E-state index in [0.717, 1.165) is 0 Å². The molecule has 0 bridgehead atoms. The zero-order valence-corrected chi connectivity index (χ0v) is 10.8. The Balaban J connectivity index is 4.01. The summed E-state index contributed by atoms with van der Waals surface area (Å²) in [5, 5.41) is 0. The molecule has 0 aliphatic heterocycles. The highest BCUT2D eigenvalue weighted by atomic mass is 16.5. The number of nitrogens with zero attached hydrogens (tertiary/aromatic N) is 2. The van der Waals surface area contributed by atoms with E-state index in [4.69, 9.17) is 4.74 Å². The van der Waals surface area contributed by atoms with E-state index in [2.05, 4.69) is 0 Å². The molecular weight excluding hydrogens is 208 g/mol. The fourth-order valence-electron chi connectivity index (χ4n) is 1.26. The quantitative estimate of drug-likeness (QED) is 0.618. The van der Waals surface area contributed by atoms with Crippen LogP contribution in [0.15, 0.2) is 0 Å². The van der Waals surface area contributed by atoms with Crippen molar-refractivity contribution in [1.29, 1.82) is 0 Å². The van der Waals surface area contributed by atoms with E-state index in [9.17, 15) is 9.59 Å². The van der Waals surface area contributed by atoms with Crippen molar-refractivity contribution in [2.24, 2.45) is 0 Å². The number of esters is 1. The summed E-state index contributed by atoms with van der Waals surface area (Å²) in [6, 6.07) is -0.218. The van der Waals surface area contributed by atoms with Crippen LogP contribution in [0.4, 0.5) is 0 Å². The van der Waals surface area contributed by atoms with E-state index in [1.54, 1.807) is 25.9 Å². The molecule has 0 spiro atoms. The molecule has 1 atom stereocenters. The van der Waals surface area contributed by atoms with Gasteiger partial charge >= 0.3 is 5.97 Å². The second-order valence-electron chi connectivity index (χ2n) is 3.94. The summed E-state index contributed by atoms with van der Waals surface area (Å²) >= 11 is 0. The second kappa shape index (κ2) is 7.22. The number of rotatable bonds is 6. The largest absolute Gasteiger partial charge is 0.466 e. The Morgan fingerprint density at radius 2 is 1.81 bits per heavy atom. The van der Waals surface area contributed by atoms with Gasteiger partial charge in [0.25, 0.3) is 0 Å². The Morgan fingerprint density at radius 3 is 2.25 bits per heavy atom. The van der Waals surface area contributed by atoms with Gasteiger partial charge in [-0.3, -0.25) is 14.5 Å². The first-order valence-corrected chi connectivity index (χ1v) is 5.47. The summed E-state index contributed by atoms with van der Waals surface area (Å²) in [7, 11) is 5.27. The van der Waals surface area contributed by atoms with Crippen LogP contribution in [0, 0.1) is 0 Å². The first kappa shape index (κ1) is 14.9. The van der Waals surface area contributed by atoms with Crippen LogP contribution in [0.5, 0.6) is 0 Å². The molecule has 0 aromatic heterocycles. The van der Waals surface area contributed by atoms with Gasteiger partial charge < -0.3 is 9.64 Å². The third kappa shape index (κ3) is 5.11. The first-order valence-electron chi connectivity index (χ1n) is 5.47. The maximum atomic E-state index is 11.6. The standard InChI is InChI=1S/C11H22N2O3/c1-6-16-10(14)7-8-13(5)9(2)11(15)12(3)4/h9H,6-8H2,1-5H3. The third-order valence-electron chi connectivity index (χ3n) is 2.43. The first-order chi connectivity index (χ1) is 7.40. The molecule has 0 aliphatic carbocycles. The average Bonchev–Trinajstić information content (AvgIpc) is 2.24. The van der Waals surface area contributed by atoms with E-state index in [1.807, 2.05) is 18.9 Å². The molecule has 0 rings (SSSR count). The van der Waals surface area contributed by atoms with Gasteiger partial charge in [-0.1, -0.05) is 0 Å². The highest BCUT2D eigenvalue weighted by molar-refractivity contribution is 5.81. The zero-order valence-electron chi connectivity index (χ0n) is 10.8. The summed E-state index contributed by atoms with van der Waals surface area (Å²) in [6.45, 7) is 4.53. The lowest BCUT2D eigenvalue weighted by molar-refractivity contribution is -0.144. The maximum Gasteiger partial charge on any atom is 0.307 e. The summed E-state index contributed by atoms with van der Waals surface area (Å²) < 4.78 is 4.82. The van der Waals surface area contributed by atoms with Gasteiger partial charge in [0.15, 0.2) is 0 Å². The topological polar surface area (TPSA) is 49.9 Å².